The highest BCUT2D eigenvalue weighted by molar-refractivity contribution is 5.86. The van der Waals surface area contributed by atoms with E-state index >= 15 is 0 Å². The molecule has 2 unspecified atom stereocenters. The van der Waals surface area contributed by atoms with Crippen molar-refractivity contribution in [2.24, 2.45) is 0 Å². The van der Waals surface area contributed by atoms with E-state index in [9.17, 15) is 4.79 Å². The largest absolute Gasteiger partial charge is 0.375 e. The Bertz CT molecular complexity index is 267. The molecule has 1 N–H and O–H groups in total. The molecule has 2 saturated heterocycles. The summed E-state index contributed by atoms with van der Waals surface area (Å²) in [6.07, 6.45) is 3.46. The maximum Gasteiger partial charge on any atom is 0.242 e. The van der Waals surface area contributed by atoms with Gasteiger partial charge in [-0.1, -0.05) is 0 Å². The van der Waals surface area contributed by atoms with Crippen molar-refractivity contribution < 1.29 is 9.53 Å². The smallest absolute Gasteiger partial charge is 0.242 e. The maximum absolute atomic E-state index is 12.4. The van der Waals surface area contributed by atoms with Crippen LogP contribution in [0.3, 0.4) is 0 Å². The number of piperidine rings is 1. The average molecular weight is 263 g/mol. The molecule has 0 spiro atoms. The second-order valence-corrected chi connectivity index (χ2v) is 5.15. The third kappa shape index (κ3) is 3.33. The Balaban J connectivity index is 0.00000144. The van der Waals surface area contributed by atoms with Crippen molar-refractivity contribution in [1.82, 2.24) is 10.2 Å². The number of nitrogens with one attached hydrogen (secondary N) is 1. The van der Waals surface area contributed by atoms with Crippen molar-refractivity contribution in [3.05, 3.63) is 0 Å². The Kier molecular flexibility index (Phi) is 5.22. The standard InChI is InChI=1S/C12H22N2O2.ClH/c1-10-9-14(7-8-16-10)11(15)12(2)5-3-4-6-13-12;/h10,13H,3-9H2,1-2H3;1H. The third-order valence-electron chi connectivity index (χ3n) is 3.62. The molecule has 2 fully saturated rings. The number of rotatable bonds is 1. The first-order valence-corrected chi connectivity index (χ1v) is 6.28. The lowest BCUT2D eigenvalue weighted by molar-refractivity contribution is -0.145. The predicted octanol–water partition coefficient (Wildman–Crippen LogP) is 1.19. The van der Waals surface area contributed by atoms with Crippen LogP contribution in [0.1, 0.15) is 33.1 Å². The van der Waals surface area contributed by atoms with Gasteiger partial charge < -0.3 is 15.0 Å². The number of morpholine rings is 1. The van der Waals surface area contributed by atoms with Gasteiger partial charge in [0.2, 0.25) is 5.91 Å². The first-order valence-electron chi connectivity index (χ1n) is 6.28. The highest BCUT2D eigenvalue weighted by atomic mass is 35.5. The molecule has 2 rings (SSSR count). The van der Waals surface area contributed by atoms with Gasteiger partial charge in [-0.3, -0.25) is 4.79 Å². The topological polar surface area (TPSA) is 41.6 Å². The van der Waals surface area contributed by atoms with Crippen molar-refractivity contribution in [3.63, 3.8) is 0 Å². The Morgan fingerprint density at radius 1 is 1.47 bits per heavy atom. The Labute approximate surface area is 109 Å². The van der Waals surface area contributed by atoms with Crippen molar-refractivity contribution in [2.45, 2.75) is 44.8 Å². The molecule has 2 heterocycles. The number of nitrogens with zero attached hydrogens (tertiary/aromatic N) is 1. The van der Waals surface area contributed by atoms with Gasteiger partial charge in [0, 0.05) is 13.1 Å². The monoisotopic (exact) mass is 262 g/mol. The normalized spacial score (nSPS) is 34.0. The van der Waals surface area contributed by atoms with Gasteiger partial charge in [-0.25, -0.2) is 0 Å². The molecule has 5 heteroatoms. The lowest BCUT2D eigenvalue weighted by Crippen LogP contribution is -2.60. The van der Waals surface area contributed by atoms with Crippen LogP contribution >= 0.6 is 12.4 Å². The molecule has 17 heavy (non-hydrogen) atoms. The highest BCUT2D eigenvalue weighted by Crippen LogP contribution is 2.22. The van der Waals surface area contributed by atoms with E-state index in [0.29, 0.717) is 6.61 Å². The lowest BCUT2D eigenvalue weighted by Gasteiger charge is -2.40. The molecule has 0 aromatic carbocycles. The van der Waals surface area contributed by atoms with Gasteiger partial charge in [0.25, 0.3) is 0 Å². The molecule has 2 aliphatic heterocycles. The summed E-state index contributed by atoms with van der Waals surface area (Å²) in [5, 5.41) is 3.38. The maximum atomic E-state index is 12.4. The first-order chi connectivity index (χ1) is 7.62. The van der Waals surface area contributed by atoms with Gasteiger partial charge in [0.1, 0.15) is 0 Å². The van der Waals surface area contributed by atoms with E-state index in [1.54, 1.807) is 0 Å². The Hall–Kier alpha value is -0.320. The second-order valence-electron chi connectivity index (χ2n) is 5.15. The Morgan fingerprint density at radius 3 is 2.82 bits per heavy atom. The van der Waals surface area contributed by atoms with Crippen LogP contribution in [0.4, 0.5) is 0 Å². The summed E-state index contributed by atoms with van der Waals surface area (Å²) in [7, 11) is 0. The summed E-state index contributed by atoms with van der Waals surface area (Å²) in [5.74, 6) is 0.252. The van der Waals surface area contributed by atoms with E-state index in [1.807, 2.05) is 18.7 Å². The fourth-order valence-electron chi connectivity index (χ4n) is 2.59. The molecule has 0 radical (unpaired) electrons. The van der Waals surface area contributed by atoms with E-state index in [2.05, 4.69) is 5.32 Å². The van der Waals surface area contributed by atoms with Crippen molar-refractivity contribution >= 4 is 18.3 Å². The summed E-state index contributed by atoms with van der Waals surface area (Å²) in [5.41, 5.74) is -0.338. The van der Waals surface area contributed by atoms with E-state index in [-0.39, 0.29) is 30.0 Å². The van der Waals surface area contributed by atoms with Gasteiger partial charge in [-0.2, -0.15) is 0 Å². The number of ether oxygens (including phenoxy) is 1. The van der Waals surface area contributed by atoms with Crippen molar-refractivity contribution in [3.8, 4) is 0 Å². The molecule has 0 aromatic heterocycles. The number of hydrogen-bond acceptors (Lipinski definition) is 3. The molecular weight excluding hydrogens is 240 g/mol. The van der Waals surface area contributed by atoms with Gasteiger partial charge in [-0.05, 0) is 39.7 Å². The third-order valence-corrected chi connectivity index (χ3v) is 3.62. The fraction of sp³-hybridized carbons (Fsp3) is 0.917. The van der Waals surface area contributed by atoms with Crippen LogP contribution in [0.2, 0.25) is 0 Å². The van der Waals surface area contributed by atoms with Gasteiger partial charge in [-0.15, -0.1) is 12.4 Å². The zero-order valence-electron chi connectivity index (χ0n) is 10.7. The van der Waals surface area contributed by atoms with Crippen LogP contribution in [-0.4, -0.2) is 48.7 Å². The van der Waals surface area contributed by atoms with Crippen molar-refractivity contribution in [2.75, 3.05) is 26.2 Å². The fourth-order valence-corrected chi connectivity index (χ4v) is 2.59. The SMILES string of the molecule is CC1CN(C(=O)C2(C)CCCCN2)CCO1.Cl. The van der Waals surface area contributed by atoms with Crippen LogP contribution < -0.4 is 5.32 Å². The van der Waals surface area contributed by atoms with Crippen LogP contribution in [0.25, 0.3) is 0 Å². The minimum absolute atomic E-state index is 0. The van der Waals surface area contributed by atoms with E-state index in [4.69, 9.17) is 4.74 Å². The summed E-state index contributed by atoms with van der Waals surface area (Å²) < 4.78 is 5.46. The summed E-state index contributed by atoms with van der Waals surface area (Å²) in [6.45, 7) is 7.16. The quantitative estimate of drug-likeness (QED) is 0.772. The molecular formula is C12H23ClN2O2. The Morgan fingerprint density at radius 2 is 2.24 bits per heavy atom. The number of carbonyl (C=O) groups is 1. The van der Waals surface area contributed by atoms with E-state index in [0.717, 1.165) is 32.5 Å². The van der Waals surface area contributed by atoms with Crippen molar-refractivity contribution in [1.29, 1.82) is 0 Å². The minimum atomic E-state index is -0.338. The summed E-state index contributed by atoms with van der Waals surface area (Å²) >= 11 is 0. The van der Waals surface area contributed by atoms with Crippen LogP contribution in [0.15, 0.2) is 0 Å². The molecule has 0 aliphatic carbocycles. The van der Waals surface area contributed by atoms with Crippen LogP contribution in [-0.2, 0) is 9.53 Å². The zero-order chi connectivity index (χ0) is 11.6. The second kappa shape index (κ2) is 6.03. The zero-order valence-corrected chi connectivity index (χ0v) is 11.5. The molecule has 0 saturated carbocycles. The number of amides is 1. The van der Waals surface area contributed by atoms with E-state index < -0.39 is 0 Å². The summed E-state index contributed by atoms with van der Waals surface area (Å²) in [6, 6.07) is 0. The molecule has 2 aliphatic rings. The highest BCUT2D eigenvalue weighted by Gasteiger charge is 2.38. The van der Waals surface area contributed by atoms with Crippen LogP contribution in [0, 0.1) is 0 Å². The van der Waals surface area contributed by atoms with E-state index in [1.165, 1.54) is 6.42 Å². The van der Waals surface area contributed by atoms with Gasteiger partial charge in [0.05, 0.1) is 18.2 Å². The lowest BCUT2D eigenvalue weighted by atomic mass is 9.89. The molecule has 2 atom stereocenters. The molecule has 1 amide bonds. The molecule has 0 bridgehead atoms. The minimum Gasteiger partial charge on any atom is -0.375 e. The molecule has 100 valence electrons. The predicted molar refractivity (Wildman–Crippen MR) is 69.5 cm³/mol. The number of hydrogen-bond donors (Lipinski definition) is 1. The average Bonchev–Trinajstić information content (AvgIpc) is 2.29. The van der Waals surface area contributed by atoms with Gasteiger partial charge >= 0.3 is 0 Å². The molecule has 0 aromatic rings. The van der Waals surface area contributed by atoms with Gasteiger partial charge in [0.15, 0.2) is 0 Å². The first kappa shape index (κ1) is 14.7. The summed E-state index contributed by atoms with van der Waals surface area (Å²) in [4.78, 5) is 14.4. The number of carbonyl (C=O) groups excluding carboxylic acids is 1. The molecule has 4 nitrogen and oxygen atoms in total. The van der Waals surface area contributed by atoms with Crippen LogP contribution in [0.5, 0.6) is 0 Å². The number of halogens is 1.